The van der Waals surface area contributed by atoms with Crippen LogP contribution in [0.25, 0.3) is 0 Å². The molecule has 1 aliphatic heterocycles. The van der Waals surface area contributed by atoms with Crippen molar-refractivity contribution >= 4 is 5.91 Å². The maximum Gasteiger partial charge on any atom is 0.261 e. The number of nitrogens with zero attached hydrogens (tertiary/aromatic N) is 1. The molecule has 4 nitrogen and oxygen atoms in total. The van der Waals surface area contributed by atoms with Gasteiger partial charge < -0.3 is 10.1 Å². The number of rotatable bonds is 8. The van der Waals surface area contributed by atoms with E-state index < -0.39 is 6.10 Å². The Bertz CT molecular complexity index is 1410. The molecule has 6 heteroatoms. The van der Waals surface area contributed by atoms with Gasteiger partial charge in [-0.25, -0.2) is 8.78 Å². The van der Waals surface area contributed by atoms with Crippen molar-refractivity contribution in [1.29, 1.82) is 0 Å². The Morgan fingerprint density at radius 1 is 0.974 bits per heavy atom. The molecular weight excluding hydrogens is 482 g/mol. The normalized spacial score (nSPS) is 15.9. The van der Waals surface area contributed by atoms with Crippen molar-refractivity contribution in [3.63, 3.8) is 0 Å². The Morgan fingerprint density at radius 3 is 2.55 bits per heavy atom. The first kappa shape index (κ1) is 25.6. The molecule has 194 valence electrons. The van der Waals surface area contributed by atoms with Crippen LogP contribution in [0.3, 0.4) is 0 Å². The minimum absolute atomic E-state index is 0.0831. The summed E-state index contributed by atoms with van der Waals surface area (Å²) in [6.45, 7) is 3.19. The van der Waals surface area contributed by atoms with Crippen molar-refractivity contribution in [2.45, 2.75) is 38.6 Å². The summed E-state index contributed by atoms with van der Waals surface area (Å²) in [5.41, 5.74) is 4.75. The van der Waals surface area contributed by atoms with Crippen LogP contribution in [-0.4, -0.2) is 23.5 Å². The van der Waals surface area contributed by atoms with Gasteiger partial charge in [-0.15, -0.1) is 0 Å². The second kappa shape index (κ2) is 11.6. The molecule has 1 heterocycles. The minimum Gasteiger partial charge on any atom is -0.481 e. The second-order valence-corrected chi connectivity index (χ2v) is 9.59. The zero-order valence-corrected chi connectivity index (χ0v) is 21.2. The van der Waals surface area contributed by atoms with E-state index in [2.05, 4.69) is 28.4 Å². The standard InChI is InChI=1S/C32H30F2N2O2/c1-22(32(37)35-20-23-8-7-12-27(33)18-23)38-28-15-14-24-16-17-36(21-26-11-5-6-13-30(26)34)31(29(24)19-28)25-9-3-2-4-10-25/h2-15,18-19,22,31H,16-17,20-21H2,1H3,(H,35,37)/t22-,31+/m1/s1. The molecule has 2 atom stereocenters. The second-order valence-electron chi connectivity index (χ2n) is 9.59. The fraction of sp³-hybridized carbons (Fsp3) is 0.219. The Morgan fingerprint density at radius 2 is 1.76 bits per heavy atom. The summed E-state index contributed by atoms with van der Waals surface area (Å²) in [7, 11) is 0. The average Bonchev–Trinajstić information content (AvgIpc) is 2.93. The largest absolute Gasteiger partial charge is 0.481 e. The number of hydrogen-bond donors (Lipinski definition) is 1. The van der Waals surface area contributed by atoms with Crippen LogP contribution in [0.2, 0.25) is 0 Å². The van der Waals surface area contributed by atoms with Gasteiger partial charge in [-0.05, 0) is 65.9 Å². The van der Waals surface area contributed by atoms with Crippen molar-refractivity contribution in [2.24, 2.45) is 0 Å². The fourth-order valence-corrected chi connectivity index (χ4v) is 5.00. The van der Waals surface area contributed by atoms with E-state index in [9.17, 15) is 13.6 Å². The predicted octanol–water partition coefficient (Wildman–Crippen LogP) is 6.20. The van der Waals surface area contributed by atoms with Crippen molar-refractivity contribution in [3.8, 4) is 5.75 Å². The Balaban J connectivity index is 1.36. The number of hydrogen-bond acceptors (Lipinski definition) is 3. The van der Waals surface area contributed by atoms with Crippen LogP contribution in [0.15, 0.2) is 97.1 Å². The van der Waals surface area contributed by atoms with E-state index in [1.54, 1.807) is 25.1 Å². The Labute approximate surface area is 221 Å². The number of amides is 1. The maximum atomic E-state index is 14.5. The number of carbonyl (C=O) groups is 1. The Kier molecular flexibility index (Phi) is 7.80. The molecule has 0 saturated heterocycles. The topological polar surface area (TPSA) is 41.6 Å². The van der Waals surface area contributed by atoms with Crippen molar-refractivity contribution < 1.29 is 18.3 Å². The van der Waals surface area contributed by atoms with E-state index in [4.69, 9.17) is 4.74 Å². The number of carbonyl (C=O) groups excluding carboxylic acids is 1. The van der Waals surface area contributed by atoms with Crippen LogP contribution >= 0.6 is 0 Å². The van der Waals surface area contributed by atoms with E-state index >= 15 is 0 Å². The van der Waals surface area contributed by atoms with Crippen molar-refractivity contribution in [1.82, 2.24) is 10.2 Å². The predicted molar refractivity (Wildman–Crippen MR) is 144 cm³/mol. The molecule has 4 aromatic carbocycles. The van der Waals surface area contributed by atoms with Crippen LogP contribution in [0.5, 0.6) is 5.75 Å². The summed E-state index contributed by atoms with van der Waals surface area (Å²) in [4.78, 5) is 15.0. The van der Waals surface area contributed by atoms with E-state index in [1.165, 1.54) is 23.8 Å². The zero-order valence-electron chi connectivity index (χ0n) is 21.2. The smallest absolute Gasteiger partial charge is 0.261 e. The first-order valence-electron chi connectivity index (χ1n) is 12.8. The van der Waals surface area contributed by atoms with Gasteiger partial charge in [0.05, 0.1) is 6.04 Å². The molecule has 1 amide bonds. The molecule has 0 bridgehead atoms. The summed E-state index contributed by atoms with van der Waals surface area (Å²) in [5, 5.41) is 2.81. The van der Waals surface area contributed by atoms with Gasteiger partial charge in [-0.2, -0.15) is 0 Å². The lowest BCUT2D eigenvalue weighted by atomic mass is 9.87. The lowest BCUT2D eigenvalue weighted by Gasteiger charge is -2.38. The van der Waals surface area contributed by atoms with E-state index in [0.717, 1.165) is 24.1 Å². The molecule has 1 N–H and O–H groups in total. The lowest BCUT2D eigenvalue weighted by Crippen LogP contribution is -2.37. The quantitative estimate of drug-likeness (QED) is 0.306. The molecule has 0 aromatic heterocycles. The Hall–Kier alpha value is -4.03. The molecule has 0 fully saturated rings. The molecule has 38 heavy (non-hydrogen) atoms. The SMILES string of the molecule is C[C@@H](Oc1ccc2c(c1)[C@H](c1ccccc1)N(Cc1ccccc1F)CC2)C(=O)NCc1cccc(F)c1. The third-order valence-electron chi connectivity index (χ3n) is 6.93. The number of fused-ring (bicyclic) bond motifs is 1. The average molecular weight is 513 g/mol. The van der Waals surface area contributed by atoms with Gasteiger partial charge >= 0.3 is 0 Å². The summed E-state index contributed by atoms with van der Waals surface area (Å²) < 4.78 is 34.0. The lowest BCUT2D eigenvalue weighted by molar-refractivity contribution is -0.127. The summed E-state index contributed by atoms with van der Waals surface area (Å²) in [5.74, 6) is -0.244. The van der Waals surface area contributed by atoms with Gasteiger partial charge in [0.15, 0.2) is 6.10 Å². The van der Waals surface area contributed by atoms with Crippen LogP contribution in [0.1, 0.15) is 40.8 Å². The molecule has 4 aromatic rings. The summed E-state index contributed by atoms with van der Waals surface area (Å²) >= 11 is 0. The molecule has 0 spiro atoms. The summed E-state index contributed by atoms with van der Waals surface area (Å²) in [6, 6.07) is 29.1. The van der Waals surface area contributed by atoms with Gasteiger partial charge in [0.25, 0.3) is 5.91 Å². The van der Waals surface area contributed by atoms with Gasteiger partial charge in [0.2, 0.25) is 0 Å². The minimum atomic E-state index is -0.741. The highest BCUT2D eigenvalue weighted by atomic mass is 19.1. The number of benzene rings is 4. The fourth-order valence-electron chi connectivity index (χ4n) is 5.00. The van der Waals surface area contributed by atoms with Gasteiger partial charge in [0, 0.05) is 25.2 Å². The van der Waals surface area contributed by atoms with Crippen LogP contribution in [-0.2, 0) is 24.3 Å². The highest BCUT2D eigenvalue weighted by molar-refractivity contribution is 5.80. The number of halogens is 2. The van der Waals surface area contributed by atoms with Gasteiger partial charge in [-0.3, -0.25) is 9.69 Å². The molecular formula is C32H30F2N2O2. The molecule has 0 radical (unpaired) electrons. The van der Waals surface area contributed by atoms with Gasteiger partial charge in [0.1, 0.15) is 17.4 Å². The third-order valence-corrected chi connectivity index (χ3v) is 6.93. The molecule has 5 rings (SSSR count). The first-order valence-corrected chi connectivity index (χ1v) is 12.8. The maximum absolute atomic E-state index is 14.5. The van der Waals surface area contributed by atoms with Crippen molar-refractivity contribution in [2.75, 3.05) is 6.54 Å². The van der Waals surface area contributed by atoms with E-state index in [0.29, 0.717) is 23.4 Å². The number of nitrogens with one attached hydrogen (secondary N) is 1. The highest BCUT2D eigenvalue weighted by Gasteiger charge is 2.30. The monoisotopic (exact) mass is 512 g/mol. The van der Waals surface area contributed by atoms with E-state index in [1.807, 2.05) is 42.5 Å². The molecule has 0 saturated carbocycles. The van der Waals surface area contributed by atoms with Crippen LogP contribution < -0.4 is 10.1 Å². The first-order chi connectivity index (χ1) is 18.5. The molecule has 0 unspecified atom stereocenters. The van der Waals surface area contributed by atoms with Crippen LogP contribution in [0, 0.1) is 11.6 Å². The molecule has 1 aliphatic rings. The van der Waals surface area contributed by atoms with Crippen molar-refractivity contribution in [3.05, 3.63) is 137 Å². The zero-order chi connectivity index (χ0) is 26.5. The highest BCUT2D eigenvalue weighted by Crippen LogP contribution is 2.38. The van der Waals surface area contributed by atoms with Gasteiger partial charge in [-0.1, -0.05) is 66.7 Å². The van der Waals surface area contributed by atoms with E-state index in [-0.39, 0.29) is 30.1 Å². The third kappa shape index (κ3) is 5.92. The number of ether oxygens (including phenoxy) is 1. The summed E-state index contributed by atoms with van der Waals surface area (Å²) in [6.07, 6.45) is 0.0896. The molecule has 0 aliphatic carbocycles. The van der Waals surface area contributed by atoms with Crippen LogP contribution in [0.4, 0.5) is 8.78 Å².